The van der Waals surface area contributed by atoms with Gasteiger partial charge in [-0.15, -0.1) is 0 Å². The maximum absolute atomic E-state index is 12.5. The standard InChI is InChI=1S/C25H22N2O2/c1-27(23-13-12-19-7-3-5-9-21(19)17-23)24(28)14-15-26-25(29)22-11-10-18-6-2-4-8-20(18)16-22/h2-13,16-17H,14-15H2,1H3,(H,26,29). The predicted octanol–water partition coefficient (Wildman–Crippen LogP) is 4.78. The molecule has 0 bridgehead atoms. The molecule has 4 nitrogen and oxygen atoms in total. The molecule has 0 spiro atoms. The van der Waals surface area contributed by atoms with Crippen molar-refractivity contribution in [2.75, 3.05) is 18.5 Å². The molecule has 2 amide bonds. The third kappa shape index (κ3) is 4.11. The molecule has 0 saturated heterocycles. The van der Waals surface area contributed by atoms with E-state index in [0.29, 0.717) is 12.1 Å². The van der Waals surface area contributed by atoms with Crippen LogP contribution in [0.25, 0.3) is 21.5 Å². The molecule has 0 fully saturated rings. The predicted molar refractivity (Wildman–Crippen MR) is 118 cm³/mol. The van der Waals surface area contributed by atoms with E-state index in [9.17, 15) is 9.59 Å². The first-order valence-electron chi connectivity index (χ1n) is 9.64. The monoisotopic (exact) mass is 382 g/mol. The molecule has 0 aromatic heterocycles. The highest BCUT2D eigenvalue weighted by Crippen LogP contribution is 2.21. The lowest BCUT2D eigenvalue weighted by Crippen LogP contribution is -2.32. The number of amides is 2. The van der Waals surface area contributed by atoms with Gasteiger partial charge in [0.2, 0.25) is 5.91 Å². The lowest BCUT2D eigenvalue weighted by molar-refractivity contribution is -0.118. The van der Waals surface area contributed by atoms with Crippen LogP contribution in [-0.4, -0.2) is 25.4 Å². The summed E-state index contributed by atoms with van der Waals surface area (Å²) >= 11 is 0. The van der Waals surface area contributed by atoms with Crippen molar-refractivity contribution in [3.63, 3.8) is 0 Å². The Kier molecular flexibility index (Phi) is 5.25. The molecule has 4 rings (SSSR count). The van der Waals surface area contributed by atoms with Crippen LogP contribution in [0.4, 0.5) is 5.69 Å². The molecule has 0 saturated carbocycles. The fourth-order valence-corrected chi connectivity index (χ4v) is 3.41. The normalized spacial score (nSPS) is 10.8. The van der Waals surface area contributed by atoms with E-state index in [2.05, 4.69) is 5.32 Å². The summed E-state index contributed by atoms with van der Waals surface area (Å²) in [7, 11) is 1.76. The Morgan fingerprint density at radius 2 is 1.34 bits per heavy atom. The first kappa shape index (κ1) is 18.7. The van der Waals surface area contributed by atoms with Crippen LogP contribution in [0.15, 0.2) is 84.9 Å². The number of benzene rings is 4. The minimum atomic E-state index is -0.170. The van der Waals surface area contributed by atoms with E-state index in [1.165, 1.54) is 0 Å². The summed E-state index contributed by atoms with van der Waals surface area (Å²) in [5.74, 6) is -0.212. The SMILES string of the molecule is CN(C(=O)CCNC(=O)c1ccc2ccccc2c1)c1ccc2ccccc2c1. The fraction of sp³-hybridized carbons (Fsp3) is 0.120. The average Bonchev–Trinajstić information content (AvgIpc) is 2.77. The van der Waals surface area contributed by atoms with E-state index >= 15 is 0 Å². The number of rotatable bonds is 5. The maximum atomic E-state index is 12.5. The van der Waals surface area contributed by atoms with E-state index < -0.39 is 0 Å². The minimum absolute atomic E-state index is 0.0425. The molecule has 144 valence electrons. The highest BCUT2D eigenvalue weighted by molar-refractivity contribution is 5.99. The van der Waals surface area contributed by atoms with Gasteiger partial charge < -0.3 is 10.2 Å². The molecule has 0 atom stereocenters. The van der Waals surface area contributed by atoms with Crippen molar-refractivity contribution < 1.29 is 9.59 Å². The first-order chi connectivity index (χ1) is 14.1. The zero-order valence-corrected chi connectivity index (χ0v) is 16.3. The van der Waals surface area contributed by atoms with Crippen LogP contribution < -0.4 is 10.2 Å². The zero-order chi connectivity index (χ0) is 20.2. The van der Waals surface area contributed by atoms with Gasteiger partial charge >= 0.3 is 0 Å². The van der Waals surface area contributed by atoms with E-state index in [-0.39, 0.29) is 18.2 Å². The van der Waals surface area contributed by atoms with Gasteiger partial charge in [-0.3, -0.25) is 9.59 Å². The van der Waals surface area contributed by atoms with Crippen LogP contribution in [0.1, 0.15) is 16.8 Å². The summed E-state index contributed by atoms with van der Waals surface area (Å²) in [5.41, 5.74) is 1.44. The van der Waals surface area contributed by atoms with E-state index in [1.807, 2.05) is 78.9 Å². The summed E-state index contributed by atoms with van der Waals surface area (Å²) in [6.45, 7) is 0.294. The first-order valence-corrected chi connectivity index (χ1v) is 9.64. The van der Waals surface area contributed by atoms with Crippen molar-refractivity contribution in [3.05, 3.63) is 90.5 Å². The van der Waals surface area contributed by atoms with Gasteiger partial charge in [0.05, 0.1) is 0 Å². The quantitative estimate of drug-likeness (QED) is 0.540. The topological polar surface area (TPSA) is 49.4 Å². The molecule has 0 radical (unpaired) electrons. The van der Waals surface area contributed by atoms with Crippen LogP contribution in [0.2, 0.25) is 0 Å². The number of carbonyl (C=O) groups excluding carboxylic acids is 2. The van der Waals surface area contributed by atoms with Crippen LogP contribution in [-0.2, 0) is 4.79 Å². The fourth-order valence-electron chi connectivity index (χ4n) is 3.41. The maximum Gasteiger partial charge on any atom is 0.251 e. The number of anilines is 1. The Morgan fingerprint density at radius 1 is 0.759 bits per heavy atom. The van der Waals surface area contributed by atoms with Crippen molar-refractivity contribution >= 4 is 39.0 Å². The number of carbonyl (C=O) groups is 2. The summed E-state index contributed by atoms with van der Waals surface area (Å²) in [6, 6.07) is 27.5. The van der Waals surface area contributed by atoms with Crippen molar-refractivity contribution in [2.24, 2.45) is 0 Å². The van der Waals surface area contributed by atoms with Crippen molar-refractivity contribution in [2.45, 2.75) is 6.42 Å². The lowest BCUT2D eigenvalue weighted by Gasteiger charge is -2.18. The molecule has 29 heavy (non-hydrogen) atoms. The van der Waals surface area contributed by atoms with E-state index in [1.54, 1.807) is 18.0 Å². The number of nitrogens with zero attached hydrogens (tertiary/aromatic N) is 1. The minimum Gasteiger partial charge on any atom is -0.352 e. The smallest absolute Gasteiger partial charge is 0.251 e. The van der Waals surface area contributed by atoms with Gasteiger partial charge in [-0.25, -0.2) is 0 Å². The van der Waals surface area contributed by atoms with Gasteiger partial charge in [0.25, 0.3) is 5.91 Å². The van der Waals surface area contributed by atoms with Gasteiger partial charge in [0.1, 0.15) is 0 Å². The lowest BCUT2D eigenvalue weighted by atomic mass is 10.1. The van der Waals surface area contributed by atoms with Gasteiger partial charge in [-0.2, -0.15) is 0 Å². The van der Waals surface area contributed by atoms with Gasteiger partial charge in [0, 0.05) is 31.3 Å². The Balaban J connectivity index is 1.36. The zero-order valence-electron chi connectivity index (χ0n) is 16.3. The Morgan fingerprint density at radius 3 is 2.03 bits per heavy atom. The second-order valence-electron chi connectivity index (χ2n) is 7.05. The summed E-state index contributed by atoms with van der Waals surface area (Å²) in [5, 5.41) is 7.19. The molecule has 1 N–H and O–H groups in total. The van der Waals surface area contributed by atoms with Crippen molar-refractivity contribution in [1.29, 1.82) is 0 Å². The number of nitrogens with one attached hydrogen (secondary N) is 1. The molecular formula is C25H22N2O2. The third-order valence-corrected chi connectivity index (χ3v) is 5.13. The molecule has 0 aliphatic heterocycles. The molecule has 0 aliphatic carbocycles. The van der Waals surface area contributed by atoms with Gasteiger partial charge in [-0.1, -0.05) is 60.7 Å². The molecule has 0 heterocycles. The number of hydrogen-bond acceptors (Lipinski definition) is 2. The van der Waals surface area contributed by atoms with Crippen LogP contribution in [0, 0.1) is 0 Å². The molecule has 4 heteroatoms. The summed E-state index contributed by atoms with van der Waals surface area (Å²) in [6.07, 6.45) is 0.239. The summed E-state index contributed by atoms with van der Waals surface area (Å²) < 4.78 is 0. The number of fused-ring (bicyclic) bond motifs is 2. The average molecular weight is 382 g/mol. The second-order valence-corrected chi connectivity index (χ2v) is 7.05. The molecule has 4 aromatic rings. The Labute approximate surface area is 169 Å². The highest BCUT2D eigenvalue weighted by atomic mass is 16.2. The Bertz CT molecular complexity index is 1200. The summed E-state index contributed by atoms with van der Waals surface area (Å²) in [4.78, 5) is 26.6. The highest BCUT2D eigenvalue weighted by Gasteiger charge is 2.12. The largest absolute Gasteiger partial charge is 0.352 e. The van der Waals surface area contributed by atoms with Crippen molar-refractivity contribution in [1.82, 2.24) is 5.32 Å². The van der Waals surface area contributed by atoms with Crippen LogP contribution >= 0.6 is 0 Å². The van der Waals surface area contributed by atoms with E-state index in [0.717, 1.165) is 27.2 Å². The molecule has 4 aromatic carbocycles. The third-order valence-electron chi connectivity index (χ3n) is 5.13. The van der Waals surface area contributed by atoms with Crippen LogP contribution in [0.3, 0.4) is 0 Å². The molecular weight excluding hydrogens is 360 g/mol. The molecule has 0 aliphatic rings. The molecule has 0 unspecified atom stereocenters. The second kappa shape index (κ2) is 8.15. The van der Waals surface area contributed by atoms with E-state index in [4.69, 9.17) is 0 Å². The number of hydrogen-bond donors (Lipinski definition) is 1. The Hall–Kier alpha value is -3.66. The van der Waals surface area contributed by atoms with Gasteiger partial charge in [0.15, 0.2) is 0 Å². The van der Waals surface area contributed by atoms with Crippen LogP contribution in [0.5, 0.6) is 0 Å². The van der Waals surface area contributed by atoms with Gasteiger partial charge in [-0.05, 0) is 45.8 Å². The van der Waals surface area contributed by atoms with Crippen molar-refractivity contribution in [3.8, 4) is 0 Å².